The number of rotatable bonds is 4. The number of thiazole rings is 2. The minimum Gasteiger partial charge on any atom is -0.375 e. The van der Waals surface area contributed by atoms with E-state index in [0.717, 1.165) is 11.4 Å². The van der Waals surface area contributed by atoms with Gasteiger partial charge in [-0.15, -0.1) is 22.7 Å². The molecule has 0 saturated heterocycles. The van der Waals surface area contributed by atoms with Crippen LogP contribution < -0.4 is 11.5 Å². The van der Waals surface area contributed by atoms with Crippen molar-refractivity contribution in [2.45, 2.75) is 25.7 Å². The predicted molar refractivity (Wildman–Crippen MR) is 74.9 cm³/mol. The standard InChI is InChI=1S/C11H14N4OS2/c1-5(7-3-17-10(12)14-7)9(16)6(2)8-4-18-11(13)15-8/h3-6H,1-2H3,(H2,12,14)(H2,13,15). The van der Waals surface area contributed by atoms with Crippen LogP contribution in [0, 0.1) is 0 Å². The van der Waals surface area contributed by atoms with Gasteiger partial charge in [-0.1, -0.05) is 0 Å². The molecule has 7 heteroatoms. The molecule has 0 fully saturated rings. The lowest BCUT2D eigenvalue weighted by Gasteiger charge is -2.12. The van der Waals surface area contributed by atoms with Crippen molar-refractivity contribution in [1.29, 1.82) is 0 Å². The molecule has 2 aromatic heterocycles. The average Bonchev–Trinajstić information content (AvgIpc) is 2.95. The summed E-state index contributed by atoms with van der Waals surface area (Å²) in [6.45, 7) is 3.67. The van der Waals surface area contributed by atoms with E-state index in [1.165, 1.54) is 22.7 Å². The third-order valence-electron chi connectivity index (χ3n) is 2.82. The van der Waals surface area contributed by atoms with Crippen LogP contribution >= 0.6 is 22.7 Å². The zero-order chi connectivity index (χ0) is 13.3. The fourth-order valence-corrected chi connectivity index (χ4v) is 2.98. The molecule has 0 aliphatic rings. The van der Waals surface area contributed by atoms with Crippen molar-refractivity contribution < 1.29 is 4.79 Å². The van der Waals surface area contributed by atoms with Gasteiger partial charge >= 0.3 is 0 Å². The molecule has 5 nitrogen and oxygen atoms in total. The van der Waals surface area contributed by atoms with E-state index in [9.17, 15) is 4.79 Å². The summed E-state index contributed by atoms with van der Waals surface area (Å²) in [5.41, 5.74) is 12.6. The lowest BCUT2D eigenvalue weighted by Crippen LogP contribution is -2.17. The van der Waals surface area contributed by atoms with Gasteiger partial charge < -0.3 is 11.5 Å². The second-order valence-corrected chi connectivity index (χ2v) is 5.85. The highest BCUT2D eigenvalue weighted by Crippen LogP contribution is 2.28. The molecule has 2 aromatic rings. The monoisotopic (exact) mass is 282 g/mol. The van der Waals surface area contributed by atoms with Crippen LogP contribution in [0.2, 0.25) is 0 Å². The average molecular weight is 282 g/mol. The molecule has 0 spiro atoms. The summed E-state index contributed by atoms with van der Waals surface area (Å²) in [5.74, 6) is -0.487. The number of hydrogen-bond acceptors (Lipinski definition) is 7. The van der Waals surface area contributed by atoms with Crippen molar-refractivity contribution in [3.8, 4) is 0 Å². The zero-order valence-electron chi connectivity index (χ0n) is 10.1. The smallest absolute Gasteiger partial charge is 0.180 e. The lowest BCUT2D eigenvalue weighted by molar-refractivity contribution is -0.121. The van der Waals surface area contributed by atoms with E-state index < -0.39 is 0 Å². The van der Waals surface area contributed by atoms with E-state index in [1.54, 1.807) is 0 Å². The van der Waals surface area contributed by atoms with Crippen LogP contribution in [0.1, 0.15) is 37.1 Å². The molecule has 2 rings (SSSR count). The van der Waals surface area contributed by atoms with E-state index in [0.29, 0.717) is 10.3 Å². The Bertz CT molecular complexity index is 515. The Morgan fingerprint density at radius 3 is 1.72 bits per heavy atom. The Kier molecular flexibility index (Phi) is 3.63. The molecule has 2 unspecified atom stereocenters. The number of Topliss-reactive ketones (excluding diaryl/α,β-unsaturated/α-hetero) is 1. The predicted octanol–water partition coefficient (Wildman–Crippen LogP) is 2.24. The van der Waals surface area contributed by atoms with E-state index in [2.05, 4.69) is 9.97 Å². The van der Waals surface area contributed by atoms with Gasteiger partial charge in [0.1, 0.15) is 5.78 Å². The van der Waals surface area contributed by atoms with Crippen LogP contribution in [0.25, 0.3) is 0 Å². The Labute approximate surface area is 113 Å². The molecule has 0 radical (unpaired) electrons. The van der Waals surface area contributed by atoms with Crippen LogP contribution in [0.4, 0.5) is 10.3 Å². The first-order valence-electron chi connectivity index (χ1n) is 5.44. The number of nitrogen functional groups attached to an aromatic ring is 2. The van der Waals surface area contributed by atoms with E-state index in [-0.39, 0.29) is 17.6 Å². The van der Waals surface area contributed by atoms with Gasteiger partial charge in [0.2, 0.25) is 0 Å². The Morgan fingerprint density at radius 1 is 1.06 bits per heavy atom. The zero-order valence-corrected chi connectivity index (χ0v) is 11.7. The Hall–Kier alpha value is -1.47. The summed E-state index contributed by atoms with van der Waals surface area (Å²) in [7, 11) is 0. The second-order valence-electron chi connectivity index (χ2n) is 4.07. The van der Waals surface area contributed by atoms with Crippen LogP contribution in [-0.4, -0.2) is 15.8 Å². The van der Waals surface area contributed by atoms with Crippen molar-refractivity contribution in [3.05, 3.63) is 22.1 Å². The third-order valence-corrected chi connectivity index (χ3v) is 4.20. The molecular formula is C11H14N4OS2. The van der Waals surface area contributed by atoms with E-state index in [4.69, 9.17) is 11.5 Å². The number of ketones is 1. The highest BCUT2D eigenvalue weighted by atomic mass is 32.1. The molecule has 2 atom stereocenters. The van der Waals surface area contributed by atoms with Gasteiger partial charge in [0.25, 0.3) is 0 Å². The molecule has 0 aliphatic heterocycles. The molecule has 0 amide bonds. The molecular weight excluding hydrogens is 268 g/mol. The van der Waals surface area contributed by atoms with Crippen LogP contribution in [0.5, 0.6) is 0 Å². The molecule has 0 saturated carbocycles. The number of carbonyl (C=O) groups excluding carboxylic acids is 1. The van der Waals surface area contributed by atoms with Gasteiger partial charge in [0.15, 0.2) is 10.3 Å². The molecule has 2 heterocycles. The summed E-state index contributed by atoms with van der Waals surface area (Å²) >= 11 is 2.69. The highest BCUT2D eigenvalue weighted by molar-refractivity contribution is 7.13. The van der Waals surface area contributed by atoms with Gasteiger partial charge in [-0.05, 0) is 13.8 Å². The number of hydrogen-bond donors (Lipinski definition) is 2. The summed E-state index contributed by atoms with van der Waals surface area (Å²) < 4.78 is 0. The minimum atomic E-state index is -0.281. The van der Waals surface area contributed by atoms with Crippen molar-refractivity contribution in [2.24, 2.45) is 0 Å². The normalized spacial score (nSPS) is 14.3. The summed E-state index contributed by atoms with van der Waals surface area (Å²) in [6, 6.07) is 0. The summed E-state index contributed by atoms with van der Waals surface area (Å²) in [6.07, 6.45) is 0. The summed E-state index contributed by atoms with van der Waals surface area (Å²) in [4.78, 5) is 20.6. The fraction of sp³-hybridized carbons (Fsp3) is 0.364. The fourth-order valence-electron chi connectivity index (χ4n) is 1.67. The van der Waals surface area contributed by atoms with Crippen molar-refractivity contribution >= 4 is 38.7 Å². The molecule has 4 N–H and O–H groups in total. The lowest BCUT2D eigenvalue weighted by atomic mass is 9.92. The van der Waals surface area contributed by atoms with Gasteiger partial charge in [-0.25, -0.2) is 9.97 Å². The van der Waals surface area contributed by atoms with Gasteiger partial charge in [-0.3, -0.25) is 4.79 Å². The van der Waals surface area contributed by atoms with Crippen LogP contribution in [0.3, 0.4) is 0 Å². The molecule has 96 valence electrons. The number of nitrogens with two attached hydrogens (primary N) is 2. The molecule has 18 heavy (non-hydrogen) atoms. The second kappa shape index (κ2) is 5.03. The Morgan fingerprint density at radius 2 is 1.44 bits per heavy atom. The number of nitrogens with zero attached hydrogens (tertiary/aromatic N) is 2. The topological polar surface area (TPSA) is 94.9 Å². The number of aromatic nitrogens is 2. The first kappa shape index (κ1) is 13.0. The quantitative estimate of drug-likeness (QED) is 0.896. The largest absolute Gasteiger partial charge is 0.375 e. The Balaban J connectivity index is 2.16. The van der Waals surface area contributed by atoms with Gasteiger partial charge in [0.05, 0.1) is 23.2 Å². The third kappa shape index (κ3) is 2.51. The van der Waals surface area contributed by atoms with Crippen molar-refractivity contribution in [1.82, 2.24) is 9.97 Å². The van der Waals surface area contributed by atoms with Crippen LogP contribution in [0.15, 0.2) is 10.8 Å². The number of anilines is 2. The molecule has 0 bridgehead atoms. The maximum Gasteiger partial charge on any atom is 0.180 e. The van der Waals surface area contributed by atoms with Gasteiger partial charge in [-0.2, -0.15) is 0 Å². The molecule has 0 aliphatic carbocycles. The van der Waals surface area contributed by atoms with Crippen molar-refractivity contribution in [3.63, 3.8) is 0 Å². The SMILES string of the molecule is CC(C(=O)C(C)c1csc(N)n1)c1csc(N)n1. The van der Waals surface area contributed by atoms with Gasteiger partial charge in [0, 0.05) is 10.8 Å². The first-order chi connectivity index (χ1) is 8.49. The minimum absolute atomic E-state index is 0.0746. The van der Waals surface area contributed by atoms with E-state index >= 15 is 0 Å². The number of carbonyl (C=O) groups is 1. The van der Waals surface area contributed by atoms with Crippen LogP contribution in [-0.2, 0) is 4.79 Å². The van der Waals surface area contributed by atoms with E-state index in [1.807, 2.05) is 24.6 Å². The van der Waals surface area contributed by atoms with Crippen molar-refractivity contribution in [2.75, 3.05) is 11.5 Å². The summed E-state index contributed by atoms with van der Waals surface area (Å²) in [5, 5.41) is 4.60. The maximum absolute atomic E-state index is 12.3. The first-order valence-corrected chi connectivity index (χ1v) is 7.20. The highest BCUT2D eigenvalue weighted by Gasteiger charge is 2.26. The maximum atomic E-state index is 12.3. The molecule has 0 aromatic carbocycles.